The smallest absolute Gasteiger partial charge is 0.138 e. The molecule has 0 fully saturated rings. The van der Waals surface area contributed by atoms with Gasteiger partial charge in [0, 0.05) is 38.3 Å². The highest BCUT2D eigenvalue weighted by Crippen LogP contribution is 2.13. The van der Waals surface area contributed by atoms with Crippen molar-refractivity contribution in [2.75, 3.05) is 13.7 Å². The van der Waals surface area contributed by atoms with Crippen LogP contribution in [-0.2, 0) is 11.2 Å². The molecule has 1 aromatic heterocycles. The number of ether oxygens (including phenoxy) is 2. The summed E-state index contributed by atoms with van der Waals surface area (Å²) in [5.74, 6) is 0.799. The Kier molecular flexibility index (Phi) is 6.68. The van der Waals surface area contributed by atoms with E-state index in [9.17, 15) is 0 Å². The fraction of sp³-hybridized carbons (Fsp3) is 0.643. The Labute approximate surface area is 110 Å². The number of hydrogen-bond donors (Lipinski definition) is 1. The van der Waals surface area contributed by atoms with Crippen LogP contribution in [-0.4, -0.2) is 30.8 Å². The summed E-state index contributed by atoms with van der Waals surface area (Å²) in [5, 5.41) is 0. The molecule has 1 aromatic rings. The molecule has 102 valence electrons. The number of nitrogens with zero attached hydrogens (tertiary/aromatic N) is 1. The van der Waals surface area contributed by atoms with Gasteiger partial charge in [0.15, 0.2) is 0 Å². The van der Waals surface area contributed by atoms with E-state index < -0.39 is 0 Å². The molecule has 0 aliphatic heterocycles. The zero-order chi connectivity index (χ0) is 13.4. The molecule has 2 N–H and O–H groups in total. The molecule has 2 atom stereocenters. The number of rotatable bonds is 8. The lowest BCUT2D eigenvalue weighted by atomic mass is 10.1. The molecule has 0 saturated carbocycles. The van der Waals surface area contributed by atoms with E-state index in [1.54, 1.807) is 13.3 Å². The normalized spacial score (nSPS) is 14.2. The van der Waals surface area contributed by atoms with E-state index in [0.717, 1.165) is 30.7 Å². The molecular formula is C14H24N2O2. The molecule has 4 heteroatoms. The van der Waals surface area contributed by atoms with Gasteiger partial charge in [0.05, 0.1) is 12.3 Å². The molecular weight excluding hydrogens is 228 g/mol. The third-order valence-electron chi connectivity index (χ3n) is 2.86. The van der Waals surface area contributed by atoms with Gasteiger partial charge >= 0.3 is 0 Å². The predicted octanol–water partition coefficient (Wildman–Crippen LogP) is 2.17. The topological polar surface area (TPSA) is 57.4 Å². The van der Waals surface area contributed by atoms with Crippen LogP contribution < -0.4 is 10.5 Å². The highest BCUT2D eigenvalue weighted by molar-refractivity contribution is 5.20. The molecule has 0 amide bonds. The first-order valence-corrected chi connectivity index (χ1v) is 6.51. The van der Waals surface area contributed by atoms with E-state index in [1.807, 2.05) is 19.1 Å². The number of pyridine rings is 1. The van der Waals surface area contributed by atoms with E-state index in [2.05, 4.69) is 11.9 Å². The first kappa shape index (κ1) is 14.9. The summed E-state index contributed by atoms with van der Waals surface area (Å²) in [7, 11) is 1.69. The Hall–Kier alpha value is -1.13. The van der Waals surface area contributed by atoms with E-state index in [1.165, 1.54) is 0 Å². The Morgan fingerprint density at radius 2 is 2.17 bits per heavy atom. The van der Waals surface area contributed by atoms with E-state index >= 15 is 0 Å². The Balaban J connectivity index is 2.44. The molecule has 1 rings (SSSR count). The Morgan fingerprint density at radius 3 is 2.72 bits per heavy atom. The average Bonchev–Trinajstić information content (AvgIpc) is 2.38. The van der Waals surface area contributed by atoms with Crippen LogP contribution in [0.25, 0.3) is 0 Å². The predicted molar refractivity (Wildman–Crippen MR) is 72.8 cm³/mol. The molecule has 0 aliphatic carbocycles. The molecule has 0 saturated heterocycles. The lowest BCUT2D eigenvalue weighted by molar-refractivity contribution is 0.135. The lowest BCUT2D eigenvalue weighted by Gasteiger charge is -2.14. The molecule has 1 heterocycles. The van der Waals surface area contributed by atoms with Gasteiger partial charge in [-0.1, -0.05) is 6.92 Å². The quantitative estimate of drug-likeness (QED) is 0.770. The van der Waals surface area contributed by atoms with Crippen LogP contribution in [0, 0.1) is 0 Å². The number of methoxy groups -OCH3 is 1. The van der Waals surface area contributed by atoms with Crippen molar-refractivity contribution in [3.63, 3.8) is 0 Å². The maximum Gasteiger partial charge on any atom is 0.138 e. The summed E-state index contributed by atoms with van der Waals surface area (Å²) in [4.78, 5) is 4.36. The van der Waals surface area contributed by atoms with Gasteiger partial charge in [-0.3, -0.25) is 4.98 Å². The summed E-state index contributed by atoms with van der Waals surface area (Å²) in [6, 6.07) is 4.12. The molecule has 4 nitrogen and oxygen atoms in total. The van der Waals surface area contributed by atoms with Gasteiger partial charge in [0.2, 0.25) is 0 Å². The van der Waals surface area contributed by atoms with Crippen molar-refractivity contribution >= 4 is 0 Å². The van der Waals surface area contributed by atoms with Gasteiger partial charge in [-0.05, 0) is 25.5 Å². The van der Waals surface area contributed by atoms with Crippen LogP contribution in [0.1, 0.15) is 32.4 Å². The van der Waals surface area contributed by atoms with Gasteiger partial charge in [0.1, 0.15) is 5.75 Å². The monoisotopic (exact) mass is 252 g/mol. The van der Waals surface area contributed by atoms with E-state index in [0.29, 0.717) is 6.61 Å². The second-order valence-corrected chi connectivity index (χ2v) is 4.57. The van der Waals surface area contributed by atoms with Gasteiger partial charge in [-0.15, -0.1) is 0 Å². The average molecular weight is 252 g/mol. The van der Waals surface area contributed by atoms with Gasteiger partial charge < -0.3 is 15.2 Å². The maximum absolute atomic E-state index is 5.89. The first-order valence-electron chi connectivity index (χ1n) is 6.51. The van der Waals surface area contributed by atoms with Crippen LogP contribution >= 0.6 is 0 Å². The van der Waals surface area contributed by atoms with Crippen molar-refractivity contribution in [1.82, 2.24) is 4.98 Å². The third-order valence-corrected chi connectivity index (χ3v) is 2.86. The van der Waals surface area contributed by atoms with Gasteiger partial charge in [0.25, 0.3) is 0 Å². The fourth-order valence-corrected chi connectivity index (χ4v) is 1.59. The highest BCUT2D eigenvalue weighted by atomic mass is 16.5. The second-order valence-electron chi connectivity index (χ2n) is 4.57. The summed E-state index contributed by atoms with van der Waals surface area (Å²) >= 11 is 0. The molecule has 2 unspecified atom stereocenters. The maximum atomic E-state index is 5.89. The van der Waals surface area contributed by atoms with Crippen LogP contribution in [0.3, 0.4) is 0 Å². The molecule has 0 aliphatic rings. The van der Waals surface area contributed by atoms with Gasteiger partial charge in [-0.2, -0.15) is 0 Å². The molecule has 0 bridgehead atoms. The van der Waals surface area contributed by atoms with Crippen molar-refractivity contribution < 1.29 is 9.47 Å². The van der Waals surface area contributed by atoms with Crippen molar-refractivity contribution in [1.29, 1.82) is 0 Å². The van der Waals surface area contributed by atoms with Crippen molar-refractivity contribution in [2.45, 2.75) is 45.3 Å². The molecule has 0 aromatic carbocycles. The minimum atomic E-state index is 0.135. The van der Waals surface area contributed by atoms with Crippen molar-refractivity contribution in [3.8, 4) is 5.75 Å². The van der Waals surface area contributed by atoms with Crippen molar-refractivity contribution in [3.05, 3.63) is 24.0 Å². The third kappa shape index (κ3) is 5.47. The lowest BCUT2D eigenvalue weighted by Crippen LogP contribution is -2.22. The van der Waals surface area contributed by atoms with Gasteiger partial charge in [-0.25, -0.2) is 0 Å². The zero-order valence-electron chi connectivity index (χ0n) is 11.6. The molecule has 0 spiro atoms. The fourth-order valence-electron chi connectivity index (χ4n) is 1.59. The Bertz CT molecular complexity index is 327. The van der Waals surface area contributed by atoms with Crippen LogP contribution in [0.5, 0.6) is 5.75 Å². The molecule has 0 radical (unpaired) electrons. The number of nitrogens with two attached hydrogens (primary N) is 1. The zero-order valence-corrected chi connectivity index (χ0v) is 11.6. The largest absolute Gasteiger partial charge is 0.489 e. The summed E-state index contributed by atoms with van der Waals surface area (Å²) < 4.78 is 10.7. The standard InChI is InChI=1S/C14H24N2O2/c1-4-12(15)9-13-5-6-14(10-16-13)18-11(2)7-8-17-3/h5-6,10-12H,4,7-9,15H2,1-3H3. The summed E-state index contributed by atoms with van der Waals surface area (Å²) in [6.45, 7) is 4.82. The highest BCUT2D eigenvalue weighted by Gasteiger charge is 2.06. The summed E-state index contributed by atoms with van der Waals surface area (Å²) in [6.07, 6.45) is 4.56. The van der Waals surface area contributed by atoms with E-state index in [-0.39, 0.29) is 12.1 Å². The minimum Gasteiger partial charge on any atom is -0.489 e. The van der Waals surface area contributed by atoms with Crippen LogP contribution in [0.15, 0.2) is 18.3 Å². The van der Waals surface area contributed by atoms with Crippen LogP contribution in [0.4, 0.5) is 0 Å². The second kappa shape index (κ2) is 8.06. The molecule has 18 heavy (non-hydrogen) atoms. The van der Waals surface area contributed by atoms with Crippen LogP contribution in [0.2, 0.25) is 0 Å². The van der Waals surface area contributed by atoms with E-state index in [4.69, 9.17) is 15.2 Å². The summed E-state index contributed by atoms with van der Waals surface area (Å²) in [5.41, 5.74) is 6.91. The minimum absolute atomic E-state index is 0.135. The first-order chi connectivity index (χ1) is 8.65. The number of hydrogen-bond acceptors (Lipinski definition) is 4. The van der Waals surface area contributed by atoms with Crippen molar-refractivity contribution in [2.24, 2.45) is 5.73 Å². The SMILES string of the molecule is CCC(N)Cc1ccc(OC(C)CCOC)cn1. The Morgan fingerprint density at radius 1 is 1.39 bits per heavy atom. The number of aromatic nitrogens is 1.